The molecule has 160 valence electrons. The third-order valence-electron chi connectivity index (χ3n) is 5.68. The summed E-state index contributed by atoms with van der Waals surface area (Å²) in [4.78, 5) is 29.1. The van der Waals surface area contributed by atoms with Crippen molar-refractivity contribution in [3.8, 4) is 0 Å². The van der Waals surface area contributed by atoms with Crippen molar-refractivity contribution in [3.05, 3.63) is 66.2 Å². The van der Waals surface area contributed by atoms with E-state index in [1.807, 2.05) is 55.5 Å². The summed E-state index contributed by atoms with van der Waals surface area (Å²) < 4.78 is 0. The first-order valence-electron chi connectivity index (χ1n) is 11.0. The summed E-state index contributed by atoms with van der Waals surface area (Å²) in [6.45, 7) is 2.54. The van der Waals surface area contributed by atoms with Crippen LogP contribution in [0.3, 0.4) is 0 Å². The van der Waals surface area contributed by atoms with Gasteiger partial charge in [0.05, 0.1) is 5.75 Å². The number of nitrogens with one attached hydrogen (secondary N) is 1. The molecule has 1 fully saturated rings. The van der Waals surface area contributed by atoms with E-state index in [1.165, 1.54) is 30.2 Å². The number of nitrogens with zero attached hydrogens (tertiary/aromatic N) is 1. The molecule has 1 atom stereocenters. The molecular formula is C25H32N2O2S. The Bertz CT molecular complexity index is 791. The zero-order valence-electron chi connectivity index (χ0n) is 17.8. The van der Waals surface area contributed by atoms with Crippen LogP contribution in [0.5, 0.6) is 0 Å². The molecule has 1 aliphatic rings. The van der Waals surface area contributed by atoms with E-state index in [0.29, 0.717) is 18.7 Å². The lowest BCUT2D eigenvalue weighted by molar-refractivity contribution is -0.139. The molecule has 0 aliphatic heterocycles. The first kappa shape index (κ1) is 22.4. The smallest absolute Gasteiger partial charge is 0.243 e. The number of benzene rings is 2. The van der Waals surface area contributed by atoms with Gasteiger partial charge in [0.15, 0.2) is 0 Å². The summed E-state index contributed by atoms with van der Waals surface area (Å²) in [6, 6.07) is 19.9. The fourth-order valence-corrected chi connectivity index (χ4v) is 4.81. The zero-order valence-corrected chi connectivity index (χ0v) is 18.6. The van der Waals surface area contributed by atoms with E-state index < -0.39 is 6.04 Å². The highest BCUT2D eigenvalue weighted by atomic mass is 32.2. The monoisotopic (exact) mass is 424 g/mol. The Balaban J connectivity index is 1.68. The fraction of sp³-hybridized carbons (Fsp3) is 0.440. The van der Waals surface area contributed by atoms with Gasteiger partial charge in [-0.15, -0.1) is 11.8 Å². The lowest BCUT2D eigenvalue weighted by Crippen LogP contribution is -2.52. The van der Waals surface area contributed by atoms with Crippen LogP contribution in [0.2, 0.25) is 0 Å². The molecule has 1 unspecified atom stereocenters. The Morgan fingerprint density at radius 2 is 1.67 bits per heavy atom. The van der Waals surface area contributed by atoms with Crippen LogP contribution < -0.4 is 5.32 Å². The third-order valence-corrected chi connectivity index (χ3v) is 6.67. The van der Waals surface area contributed by atoms with Crippen molar-refractivity contribution in [2.24, 2.45) is 0 Å². The zero-order chi connectivity index (χ0) is 21.2. The first-order valence-corrected chi connectivity index (χ1v) is 12.0. The van der Waals surface area contributed by atoms with Crippen molar-refractivity contribution in [2.45, 2.75) is 62.4 Å². The predicted octanol–water partition coefficient (Wildman–Crippen LogP) is 4.69. The van der Waals surface area contributed by atoms with Gasteiger partial charge in [-0.1, -0.05) is 68.3 Å². The average Bonchev–Trinajstić information content (AvgIpc) is 3.29. The van der Waals surface area contributed by atoms with Crippen LogP contribution in [-0.4, -0.2) is 41.1 Å². The van der Waals surface area contributed by atoms with Crippen LogP contribution in [0.1, 0.15) is 44.6 Å². The number of rotatable bonds is 10. The van der Waals surface area contributed by atoms with Gasteiger partial charge in [-0.3, -0.25) is 9.59 Å². The molecule has 2 aromatic rings. The Morgan fingerprint density at radius 1 is 1.03 bits per heavy atom. The number of amides is 2. The Hall–Kier alpha value is -2.27. The fourth-order valence-electron chi connectivity index (χ4n) is 4.01. The molecule has 1 saturated carbocycles. The highest BCUT2D eigenvalue weighted by molar-refractivity contribution is 8.00. The molecule has 1 aliphatic carbocycles. The van der Waals surface area contributed by atoms with E-state index in [4.69, 9.17) is 0 Å². The van der Waals surface area contributed by atoms with Crippen molar-refractivity contribution in [1.82, 2.24) is 10.2 Å². The summed E-state index contributed by atoms with van der Waals surface area (Å²) in [6.07, 6.45) is 5.80. The van der Waals surface area contributed by atoms with Gasteiger partial charge in [0.2, 0.25) is 11.8 Å². The Kier molecular flexibility index (Phi) is 8.81. The molecule has 2 amide bonds. The topological polar surface area (TPSA) is 49.4 Å². The molecule has 3 rings (SSSR count). The van der Waals surface area contributed by atoms with Gasteiger partial charge < -0.3 is 10.2 Å². The lowest BCUT2D eigenvalue weighted by atomic mass is 10.1. The molecule has 4 nitrogen and oxygen atoms in total. The van der Waals surface area contributed by atoms with Crippen molar-refractivity contribution in [2.75, 3.05) is 12.3 Å². The second-order valence-electron chi connectivity index (χ2n) is 7.84. The van der Waals surface area contributed by atoms with Gasteiger partial charge in [-0.05, 0) is 43.4 Å². The minimum atomic E-state index is -0.418. The van der Waals surface area contributed by atoms with Crippen LogP contribution in [0.15, 0.2) is 65.6 Å². The van der Waals surface area contributed by atoms with E-state index in [9.17, 15) is 9.59 Å². The predicted molar refractivity (Wildman–Crippen MR) is 124 cm³/mol. The van der Waals surface area contributed by atoms with Crippen molar-refractivity contribution in [3.63, 3.8) is 0 Å². The van der Waals surface area contributed by atoms with E-state index in [0.717, 1.165) is 24.2 Å². The van der Waals surface area contributed by atoms with Gasteiger partial charge >= 0.3 is 0 Å². The van der Waals surface area contributed by atoms with E-state index in [1.54, 1.807) is 4.90 Å². The first-order chi connectivity index (χ1) is 14.7. The van der Waals surface area contributed by atoms with Crippen LogP contribution in [-0.2, 0) is 16.0 Å². The normalized spacial score (nSPS) is 15.0. The van der Waals surface area contributed by atoms with Crippen LogP contribution in [0.4, 0.5) is 0 Å². The molecule has 0 bridgehead atoms. The highest BCUT2D eigenvalue weighted by Gasteiger charge is 2.30. The molecule has 0 spiro atoms. The maximum atomic E-state index is 13.2. The lowest BCUT2D eigenvalue weighted by Gasteiger charge is -2.31. The van der Waals surface area contributed by atoms with Crippen LogP contribution in [0.25, 0.3) is 0 Å². The second kappa shape index (κ2) is 11.8. The standard InChI is InChI=1S/C25H32N2O2S/c1-2-23(25(29)26-21-13-9-10-14-21)27(18-17-20-11-5-3-6-12-20)24(28)19-30-22-15-7-4-8-16-22/h3-8,11-12,15-16,21,23H,2,9-10,13-14,17-19H2,1H3,(H,26,29). The summed E-state index contributed by atoms with van der Waals surface area (Å²) in [5, 5.41) is 3.20. The van der Waals surface area contributed by atoms with E-state index in [2.05, 4.69) is 17.4 Å². The van der Waals surface area contributed by atoms with Crippen molar-refractivity contribution in [1.29, 1.82) is 0 Å². The van der Waals surface area contributed by atoms with E-state index in [-0.39, 0.29) is 17.9 Å². The summed E-state index contributed by atoms with van der Waals surface area (Å²) in [5.41, 5.74) is 1.18. The van der Waals surface area contributed by atoms with Crippen LogP contribution >= 0.6 is 11.8 Å². The molecular weight excluding hydrogens is 392 g/mol. The molecule has 5 heteroatoms. The van der Waals surface area contributed by atoms with Gasteiger partial charge in [0.1, 0.15) is 6.04 Å². The largest absolute Gasteiger partial charge is 0.352 e. The average molecular weight is 425 g/mol. The van der Waals surface area contributed by atoms with Gasteiger partial charge in [-0.25, -0.2) is 0 Å². The number of carbonyl (C=O) groups is 2. The SMILES string of the molecule is CCC(C(=O)NC1CCCC1)N(CCc1ccccc1)C(=O)CSc1ccccc1. The molecule has 1 N–H and O–H groups in total. The molecule has 0 saturated heterocycles. The third kappa shape index (κ3) is 6.63. The number of hydrogen-bond donors (Lipinski definition) is 1. The summed E-state index contributed by atoms with van der Waals surface area (Å²) in [7, 11) is 0. The molecule has 0 heterocycles. The Morgan fingerprint density at radius 3 is 2.30 bits per heavy atom. The summed E-state index contributed by atoms with van der Waals surface area (Å²) in [5.74, 6) is 0.357. The maximum absolute atomic E-state index is 13.2. The molecule has 0 radical (unpaired) electrons. The van der Waals surface area contributed by atoms with Crippen LogP contribution in [0, 0.1) is 0 Å². The minimum Gasteiger partial charge on any atom is -0.352 e. The number of hydrogen-bond acceptors (Lipinski definition) is 3. The molecule has 30 heavy (non-hydrogen) atoms. The molecule has 0 aromatic heterocycles. The number of thioether (sulfide) groups is 1. The maximum Gasteiger partial charge on any atom is 0.243 e. The van der Waals surface area contributed by atoms with Gasteiger partial charge in [0.25, 0.3) is 0 Å². The highest BCUT2D eigenvalue weighted by Crippen LogP contribution is 2.21. The van der Waals surface area contributed by atoms with Crippen molar-refractivity contribution < 1.29 is 9.59 Å². The van der Waals surface area contributed by atoms with Gasteiger partial charge in [0, 0.05) is 17.5 Å². The molecule has 2 aromatic carbocycles. The quantitative estimate of drug-likeness (QED) is 0.563. The number of carbonyl (C=O) groups excluding carboxylic acids is 2. The van der Waals surface area contributed by atoms with Crippen molar-refractivity contribution >= 4 is 23.6 Å². The van der Waals surface area contributed by atoms with Gasteiger partial charge in [-0.2, -0.15) is 0 Å². The van der Waals surface area contributed by atoms with E-state index >= 15 is 0 Å². The second-order valence-corrected chi connectivity index (χ2v) is 8.89. The summed E-state index contributed by atoms with van der Waals surface area (Å²) >= 11 is 1.53. The minimum absolute atomic E-state index is 0.00415. The Labute approximate surface area is 184 Å².